The van der Waals surface area contributed by atoms with Gasteiger partial charge in [-0.15, -0.1) is 0 Å². The highest BCUT2D eigenvalue weighted by molar-refractivity contribution is 5.16. The van der Waals surface area contributed by atoms with Crippen LogP contribution in [0.3, 0.4) is 0 Å². The van der Waals surface area contributed by atoms with E-state index in [1.54, 1.807) is 0 Å². The molecule has 132 valence electrons. The molecule has 0 bridgehead atoms. The highest BCUT2D eigenvalue weighted by Gasteiger charge is 2.11. The largest absolute Gasteiger partial charge is 0.315 e. The molecule has 4 heteroatoms. The van der Waals surface area contributed by atoms with E-state index in [4.69, 9.17) is 0 Å². The third-order valence-electron chi connectivity index (χ3n) is 4.12. The van der Waals surface area contributed by atoms with Gasteiger partial charge in [0.05, 0.1) is 0 Å². The van der Waals surface area contributed by atoms with Crippen LogP contribution in [0.4, 0.5) is 0 Å². The number of hydrogen-bond donors (Lipinski definition) is 2. The Kier molecular flexibility index (Phi) is 10.9. The van der Waals surface area contributed by atoms with E-state index in [-0.39, 0.29) is 0 Å². The van der Waals surface area contributed by atoms with Gasteiger partial charge < -0.3 is 20.4 Å². The van der Waals surface area contributed by atoms with Gasteiger partial charge in [0.2, 0.25) is 0 Å². The fourth-order valence-electron chi connectivity index (χ4n) is 2.52. The van der Waals surface area contributed by atoms with Crippen molar-refractivity contribution in [3.63, 3.8) is 0 Å². The van der Waals surface area contributed by atoms with E-state index in [2.05, 4.69) is 79.0 Å². The summed E-state index contributed by atoms with van der Waals surface area (Å²) in [4.78, 5) is 4.53. The molecule has 0 radical (unpaired) electrons. The molecule has 1 atom stereocenters. The molecule has 1 rings (SSSR count). The Labute approximate surface area is 143 Å². The van der Waals surface area contributed by atoms with Crippen LogP contribution in [0.5, 0.6) is 0 Å². The van der Waals surface area contributed by atoms with Gasteiger partial charge in [0, 0.05) is 25.7 Å². The lowest BCUT2D eigenvalue weighted by atomic mass is 10.1. The molecule has 1 aromatic carbocycles. The van der Waals surface area contributed by atoms with Gasteiger partial charge in [0.25, 0.3) is 0 Å². The number of rotatable bonds is 13. The van der Waals surface area contributed by atoms with Crippen LogP contribution in [-0.4, -0.2) is 76.8 Å². The Balaban J connectivity index is 2.07. The fraction of sp³-hybridized carbons (Fsp3) is 0.684. The Morgan fingerprint density at radius 2 is 1.52 bits per heavy atom. The lowest BCUT2D eigenvalue weighted by molar-refractivity contribution is 0.281. The van der Waals surface area contributed by atoms with Gasteiger partial charge in [-0.2, -0.15) is 0 Å². The van der Waals surface area contributed by atoms with Gasteiger partial charge in [-0.05, 0) is 66.1 Å². The maximum absolute atomic E-state index is 3.62. The molecule has 0 saturated heterocycles. The summed E-state index contributed by atoms with van der Waals surface area (Å²) in [6, 6.07) is 11.3. The molecule has 2 N–H and O–H groups in total. The highest BCUT2D eigenvalue weighted by atomic mass is 15.1. The van der Waals surface area contributed by atoms with Crippen molar-refractivity contribution in [2.24, 2.45) is 0 Å². The summed E-state index contributed by atoms with van der Waals surface area (Å²) >= 11 is 0. The average molecular weight is 321 g/mol. The molecular formula is C19H36N4. The SMILES string of the molecule is CN(C)CCNCCCCNC[C@@H](Cc1ccccc1)N(C)C. The molecule has 23 heavy (non-hydrogen) atoms. The van der Waals surface area contributed by atoms with E-state index in [1.165, 1.54) is 18.4 Å². The minimum absolute atomic E-state index is 0.551. The second kappa shape index (κ2) is 12.5. The van der Waals surface area contributed by atoms with Gasteiger partial charge >= 0.3 is 0 Å². The van der Waals surface area contributed by atoms with Crippen LogP contribution in [0, 0.1) is 0 Å². The van der Waals surface area contributed by atoms with Crippen LogP contribution >= 0.6 is 0 Å². The molecule has 0 aliphatic heterocycles. The van der Waals surface area contributed by atoms with Crippen molar-refractivity contribution in [3.8, 4) is 0 Å². The quantitative estimate of drug-likeness (QED) is 0.542. The normalized spacial score (nSPS) is 13.0. The molecule has 0 fully saturated rings. The maximum Gasteiger partial charge on any atom is 0.0254 e. The van der Waals surface area contributed by atoms with Gasteiger partial charge in [-0.25, -0.2) is 0 Å². The zero-order valence-corrected chi connectivity index (χ0v) is 15.5. The molecule has 0 saturated carbocycles. The van der Waals surface area contributed by atoms with Gasteiger partial charge in [0.15, 0.2) is 0 Å². The van der Waals surface area contributed by atoms with Crippen molar-refractivity contribution in [2.45, 2.75) is 25.3 Å². The van der Waals surface area contributed by atoms with Crippen LogP contribution in [0.2, 0.25) is 0 Å². The Morgan fingerprint density at radius 1 is 0.870 bits per heavy atom. The van der Waals surface area contributed by atoms with Crippen molar-refractivity contribution in [2.75, 3.05) is 60.9 Å². The Bertz CT molecular complexity index is 378. The zero-order chi connectivity index (χ0) is 16.9. The van der Waals surface area contributed by atoms with Crippen molar-refractivity contribution >= 4 is 0 Å². The van der Waals surface area contributed by atoms with Crippen LogP contribution in [-0.2, 0) is 6.42 Å². The fourth-order valence-corrected chi connectivity index (χ4v) is 2.52. The number of hydrogen-bond acceptors (Lipinski definition) is 4. The first-order valence-corrected chi connectivity index (χ1v) is 8.86. The number of nitrogens with zero attached hydrogens (tertiary/aromatic N) is 2. The van der Waals surface area contributed by atoms with Crippen molar-refractivity contribution < 1.29 is 0 Å². The number of nitrogens with one attached hydrogen (secondary N) is 2. The van der Waals surface area contributed by atoms with Crippen LogP contribution in [0.15, 0.2) is 30.3 Å². The molecule has 0 amide bonds. The predicted molar refractivity (Wildman–Crippen MR) is 101 cm³/mol. The molecule has 0 heterocycles. The van der Waals surface area contributed by atoms with Gasteiger partial charge in [-0.3, -0.25) is 0 Å². The van der Waals surface area contributed by atoms with Crippen molar-refractivity contribution in [1.82, 2.24) is 20.4 Å². The monoisotopic (exact) mass is 320 g/mol. The number of unbranched alkanes of at least 4 members (excludes halogenated alkanes) is 1. The summed E-state index contributed by atoms with van der Waals surface area (Å²) in [6.45, 7) is 5.48. The van der Waals surface area contributed by atoms with Gasteiger partial charge in [-0.1, -0.05) is 30.3 Å². The topological polar surface area (TPSA) is 30.5 Å². The summed E-state index contributed by atoms with van der Waals surface area (Å²) in [6.07, 6.45) is 3.58. The second-order valence-corrected chi connectivity index (χ2v) is 6.77. The van der Waals surface area contributed by atoms with E-state index >= 15 is 0 Å². The highest BCUT2D eigenvalue weighted by Crippen LogP contribution is 2.06. The maximum atomic E-state index is 3.62. The second-order valence-electron chi connectivity index (χ2n) is 6.77. The molecule has 0 unspecified atom stereocenters. The predicted octanol–water partition coefficient (Wildman–Crippen LogP) is 1.68. The molecule has 4 nitrogen and oxygen atoms in total. The first-order chi connectivity index (χ1) is 11.1. The summed E-state index contributed by atoms with van der Waals surface area (Å²) in [5, 5.41) is 7.11. The first-order valence-electron chi connectivity index (χ1n) is 8.86. The number of likely N-dealkylation sites (N-methyl/N-ethyl adjacent to an activating group) is 2. The number of benzene rings is 1. The van der Waals surface area contributed by atoms with E-state index < -0.39 is 0 Å². The molecule has 0 aromatic heterocycles. The van der Waals surface area contributed by atoms with E-state index in [0.717, 1.165) is 39.1 Å². The molecule has 0 aliphatic rings. The Morgan fingerprint density at radius 3 is 2.13 bits per heavy atom. The van der Waals surface area contributed by atoms with Gasteiger partial charge in [0.1, 0.15) is 0 Å². The van der Waals surface area contributed by atoms with Crippen LogP contribution in [0.1, 0.15) is 18.4 Å². The average Bonchev–Trinajstić information content (AvgIpc) is 2.52. The molecule has 0 spiro atoms. The van der Waals surface area contributed by atoms with E-state index in [0.29, 0.717) is 6.04 Å². The van der Waals surface area contributed by atoms with Crippen molar-refractivity contribution in [3.05, 3.63) is 35.9 Å². The standard InChI is InChI=1S/C19H36N4/c1-22(2)15-14-20-12-8-9-13-21-17-19(23(3)4)16-18-10-6-5-7-11-18/h5-7,10-11,19-21H,8-9,12-17H2,1-4H3/t19-/m1/s1. The third kappa shape index (κ3) is 10.4. The summed E-state index contributed by atoms with van der Waals surface area (Å²) in [7, 11) is 8.57. The first kappa shape index (κ1) is 20.1. The molecule has 1 aromatic rings. The molecular weight excluding hydrogens is 284 g/mol. The lowest BCUT2D eigenvalue weighted by Gasteiger charge is -2.25. The smallest absolute Gasteiger partial charge is 0.0254 e. The minimum Gasteiger partial charge on any atom is -0.315 e. The summed E-state index contributed by atoms with van der Waals surface area (Å²) in [5.74, 6) is 0. The lowest BCUT2D eigenvalue weighted by Crippen LogP contribution is -2.39. The van der Waals surface area contributed by atoms with Crippen LogP contribution in [0.25, 0.3) is 0 Å². The summed E-state index contributed by atoms with van der Waals surface area (Å²) in [5.41, 5.74) is 1.41. The van der Waals surface area contributed by atoms with Crippen molar-refractivity contribution in [1.29, 1.82) is 0 Å². The zero-order valence-electron chi connectivity index (χ0n) is 15.5. The van der Waals surface area contributed by atoms with E-state index in [9.17, 15) is 0 Å². The third-order valence-corrected chi connectivity index (χ3v) is 4.12. The minimum atomic E-state index is 0.551. The summed E-state index contributed by atoms with van der Waals surface area (Å²) < 4.78 is 0. The molecule has 0 aliphatic carbocycles. The van der Waals surface area contributed by atoms with Crippen LogP contribution < -0.4 is 10.6 Å². The Hall–Kier alpha value is -0.940. The van der Waals surface area contributed by atoms with E-state index in [1.807, 2.05) is 0 Å².